The Morgan fingerprint density at radius 3 is 2.64 bits per heavy atom. The minimum Gasteiger partial charge on any atom is -0.658 e. The fraction of sp³-hybridized carbons (Fsp3) is 0.650. The van der Waals surface area contributed by atoms with E-state index in [0.717, 1.165) is 18.8 Å². The first kappa shape index (κ1) is 15.9. The summed E-state index contributed by atoms with van der Waals surface area (Å²) in [7, 11) is 0. The highest BCUT2D eigenvalue weighted by Crippen LogP contribution is 2.67. The molecule has 3 saturated carbocycles. The van der Waals surface area contributed by atoms with E-state index in [9.17, 15) is 0 Å². The van der Waals surface area contributed by atoms with Crippen molar-refractivity contribution in [3.63, 3.8) is 0 Å². The van der Waals surface area contributed by atoms with Gasteiger partial charge < -0.3 is 14.0 Å². The molecular formula is C20H27BNO3-. The van der Waals surface area contributed by atoms with Gasteiger partial charge in [-0.3, -0.25) is 4.99 Å². The maximum absolute atomic E-state index is 6.75. The van der Waals surface area contributed by atoms with E-state index in [1.165, 1.54) is 12.0 Å². The summed E-state index contributed by atoms with van der Waals surface area (Å²) >= 11 is 0. The zero-order chi connectivity index (χ0) is 17.4. The highest BCUT2D eigenvalue weighted by atomic mass is 16.8. The second-order valence-corrected chi connectivity index (χ2v) is 9.19. The summed E-state index contributed by atoms with van der Waals surface area (Å²) in [6.45, 7) is 7.07. The van der Waals surface area contributed by atoms with E-state index in [1.54, 1.807) is 0 Å². The zero-order valence-electron chi connectivity index (χ0n) is 15.6. The third-order valence-corrected chi connectivity index (χ3v) is 7.51. The Morgan fingerprint density at radius 2 is 1.92 bits per heavy atom. The second kappa shape index (κ2) is 4.89. The lowest BCUT2D eigenvalue weighted by Crippen LogP contribution is -2.65. The van der Waals surface area contributed by atoms with Gasteiger partial charge in [0.1, 0.15) is 5.90 Å². The number of aliphatic imine (C=N–C) groups is 1. The van der Waals surface area contributed by atoms with Crippen LogP contribution in [-0.2, 0) is 20.4 Å². The van der Waals surface area contributed by atoms with Crippen molar-refractivity contribution in [2.24, 2.45) is 22.2 Å². The van der Waals surface area contributed by atoms with Gasteiger partial charge in [0.05, 0.1) is 5.60 Å². The Hall–Kier alpha value is -1.33. The number of benzene rings is 1. The Kier molecular flexibility index (Phi) is 3.11. The van der Waals surface area contributed by atoms with Gasteiger partial charge in [0.15, 0.2) is 0 Å². The first-order valence-corrected chi connectivity index (χ1v) is 9.63. The predicted octanol–water partition coefficient (Wildman–Crippen LogP) is 3.76. The van der Waals surface area contributed by atoms with Crippen LogP contribution in [0.5, 0.6) is 0 Å². The van der Waals surface area contributed by atoms with E-state index < -0.39 is 6.75 Å². The van der Waals surface area contributed by atoms with E-state index in [0.29, 0.717) is 17.2 Å². The van der Waals surface area contributed by atoms with Gasteiger partial charge in [-0.15, -0.1) is 0 Å². The molecule has 2 unspecified atom stereocenters. The Labute approximate surface area is 150 Å². The minimum absolute atomic E-state index is 0.0925. The van der Waals surface area contributed by atoms with Crippen LogP contribution in [0.3, 0.4) is 0 Å². The van der Waals surface area contributed by atoms with Crippen LogP contribution in [0.2, 0.25) is 0 Å². The van der Waals surface area contributed by atoms with Crippen molar-refractivity contribution >= 4 is 12.7 Å². The van der Waals surface area contributed by atoms with Gasteiger partial charge in [0.25, 0.3) is 0 Å². The van der Waals surface area contributed by atoms with Crippen molar-refractivity contribution < 1.29 is 14.0 Å². The monoisotopic (exact) mass is 340 g/mol. The van der Waals surface area contributed by atoms with Crippen LogP contribution in [0, 0.1) is 17.3 Å². The Bertz CT molecular complexity index is 736. The van der Waals surface area contributed by atoms with Gasteiger partial charge in [-0.25, -0.2) is 0 Å². The maximum Gasteiger partial charge on any atom is 0.461 e. The SMILES string of the molecule is CC1=NC(Cc2ccccc2)[B-]2(O1)O[C@@H]1C[C@@H]3C[C@@H](C3(C)C)[C@]1(C)O2. The van der Waals surface area contributed by atoms with Crippen LogP contribution in [-0.4, -0.2) is 30.3 Å². The van der Waals surface area contributed by atoms with Crippen LogP contribution in [0.25, 0.3) is 0 Å². The summed E-state index contributed by atoms with van der Waals surface area (Å²) in [6, 6.07) is 10.4. The molecule has 2 aliphatic heterocycles. The molecule has 0 N–H and O–H groups in total. The summed E-state index contributed by atoms with van der Waals surface area (Å²) in [5.41, 5.74) is 1.32. The Balaban J connectivity index is 1.46. The molecular weight excluding hydrogens is 313 g/mol. The maximum atomic E-state index is 6.75. The molecule has 5 heteroatoms. The molecule has 3 aliphatic carbocycles. The highest BCUT2D eigenvalue weighted by Gasteiger charge is 2.69. The minimum atomic E-state index is -1.85. The fourth-order valence-electron chi connectivity index (χ4n) is 6.00. The van der Waals surface area contributed by atoms with Crippen molar-refractivity contribution in [3.8, 4) is 0 Å². The quantitative estimate of drug-likeness (QED) is 0.770. The average molecular weight is 340 g/mol. The third kappa shape index (κ3) is 2.06. The van der Waals surface area contributed by atoms with Gasteiger partial charge in [-0.05, 0) is 49.0 Å². The van der Waals surface area contributed by atoms with Crippen LogP contribution in [0.15, 0.2) is 35.3 Å². The standard InChI is InChI=1S/C20H27BNO3/c1-13-22-18(10-14-8-6-5-7-9-14)21(23-13)24-17-12-15-11-16(19(15,2)3)20(17,4)25-21/h5-9,15-18H,10-12H2,1-4H3/q-1/t15-,16-,17+,18?,20-,21?/m0/s1. The molecule has 1 spiro atoms. The first-order valence-electron chi connectivity index (χ1n) is 9.63. The molecule has 25 heavy (non-hydrogen) atoms. The van der Waals surface area contributed by atoms with Gasteiger partial charge in [0, 0.05) is 19.0 Å². The summed E-state index contributed by atoms with van der Waals surface area (Å²) in [6.07, 6.45) is 3.24. The average Bonchev–Trinajstić information content (AvgIpc) is 3.02. The molecule has 0 aromatic heterocycles. The molecule has 0 radical (unpaired) electrons. The number of hydrogen-bond acceptors (Lipinski definition) is 4. The van der Waals surface area contributed by atoms with E-state index in [2.05, 4.69) is 45.0 Å². The van der Waals surface area contributed by atoms with Crippen molar-refractivity contribution in [3.05, 3.63) is 35.9 Å². The molecule has 2 bridgehead atoms. The van der Waals surface area contributed by atoms with E-state index >= 15 is 0 Å². The lowest BCUT2D eigenvalue weighted by Gasteiger charge is -2.66. The largest absolute Gasteiger partial charge is 0.658 e. The molecule has 4 nitrogen and oxygen atoms in total. The topological polar surface area (TPSA) is 40.0 Å². The van der Waals surface area contributed by atoms with E-state index in [-0.39, 0.29) is 17.6 Å². The first-order chi connectivity index (χ1) is 11.8. The lowest BCUT2D eigenvalue weighted by atomic mass is 9.43. The summed E-state index contributed by atoms with van der Waals surface area (Å²) < 4.78 is 19.5. The molecule has 134 valence electrons. The second-order valence-electron chi connectivity index (χ2n) is 9.19. The van der Waals surface area contributed by atoms with E-state index in [1.807, 2.05) is 13.0 Å². The highest BCUT2D eigenvalue weighted by molar-refractivity contribution is 6.66. The van der Waals surface area contributed by atoms with Crippen LogP contribution < -0.4 is 0 Å². The van der Waals surface area contributed by atoms with Crippen molar-refractivity contribution in [2.75, 3.05) is 0 Å². The predicted molar refractivity (Wildman–Crippen MR) is 98.2 cm³/mol. The number of nitrogens with zero attached hydrogens (tertiary/aromatic N) is 1. The van der Waals surface area contributed by atoms with Crippen LogP contribution in [0.1, 0.15) is 46.1 Å². The summed E-state index contributed by atoms with van der Waals surface area (Å²) in [5.74, 6) is 1.87. The van der Waals surface area contributed by atoms with Gasteiger partial charge in [-0.1, -0.05) is 44.2 Å². The Morgan fingerprint density at radius 1 is 1.16 bits per heavy atom. The van der Waals surface area contributed by atoms with Crippen LogP contribution in [0.4, 0.5) is 0 Å². The normalized spacial score (nSPS) is 46.3. The molecule has 0 amide bonds. The molecule has 4 fully saturated rings. The molecule has 1 aromatic rings. The summed E-state index contributed by atoms with van der Waals surface area (Å²) in [5, 5.41) is 0. The van der Waals surface area contributed by atoms with Gasteiger partial charge >= 0.3 is 6.75 Å². The smallest absolute Gasteiger partial charge is 0.461 e. The lowest BCUT2D eigenvalue weighted by molar-refractivity contribution is -0.200. The van der Waals surface area contributed by atoms with Crippen LogP contribution >= 0.6 is 0 Å². The molecule has 6 atom stereocenters. The zero-order valence-corrected chi connectivity index (χ0v) is 15.6. The van der Waals surface area contributed by atoms with Crippen molar-refractivity contribution in [1.82, 2.24) is 0 Å². The molecule has 2 heterocycles. The van der Waals surface area contributed by atoms with Crippen molar-refractivity contribution in [1.29, 1.82) is 0 Å². The molecule has 5 aliphatic rings. The number of rotatable bonds is 2. The molecule has 1 aromatic carbocycles. The molecule has 1 saturated heterocycles. The fourth-order valence-corrected chi connectivity index (χ4v) is 6.00. The van der Waals surface area contributed by atoms with E-state index in [4.69, 9.17) is 19.0 Å². The number of hydrogen-bond donors (Lipinski definition) is 0. The van der Waals surface area contributed by atoms with Gasteiger partial charge in [-0.2, -0.15) is 0 Å². The van der Waals surface area contributed by atoms with Crippen molar-refractivity contribution in [2.45, 2.75) is 64.6 Å². The third-order valence-electron chi connectivity index (χ3n) is 7.51. The van der Waals surface area contributed by atoms with Gasteiger partial charge in [0.2, 0.25) is 0 Å². The summed E-state index contributed by atoms with van der Waals surface area (Å²) in [4.78, 5) is 4.76. The molecule has 6 rings (SSSR count).